The van der Waals surface area contributed by atoms with E-state index < -0.39 is 5.66 Å². The smallest absolute Gasteiger partial charge is 0.134 e. The second-order valence-electron chi connectivity index (χ2n) is 9.04. The van der Waals surface area contributed by atoms with Crippen LogP contribution in [0.3, 0.4) is 0 Å². The summed E-state index contributed by atoms with van der Waals surface area (Å²) in [5, 5.41) is 18.4. The minimum atomic E-state index is -0.614. The maximum Gasteiger partial charge on any atom is 0.134 e. The fraction of sp³-hybridized carbons (Fsp3) is 0.458. The van der Waals surface area contributed by atoms with E-state index in [0.717, 1.165) is 62.3 Å². The highest BCUT2D eigenvalue weighted by atomic mass is 16.3. The maximum absolute atomic E-state index is 10.4. The summed E-state index contributed by atoms with van der Waals surface area (Å²) in [4.78, 5) is 2.36. The molecule has 158 valence electrons. The Morgan fingerprint density at radius 3 is 2.80 bits per heavy atom. The van der Waals surface area contributed by atoms with Gasteiger partial charge >= 0.3 is 0 Å². The molecule has 30 heavy (non-hydrogen) atoms. The van der Waals surface area contributed by atoms with Gasteiger partial charge in [0.15, 0.2) is 0 Å². The van der Waals surface area contributed by atoms with Crippen LogP contribution in [0.15, 0.2) is 65.4 Å². The highest BCUT2D eigenvalue weighted by Crippen LogP contribution is 2.51. The van der Waals surface area contributed by atoms with Gasteiger partial charge in [-0.3, -0.25) is 4.90 Å². The van der Waals surface area contributed by atoms with Crippen LogP contribution >= 0.6 is 0 Å². The van der Waals surface area contributed by atoms with Gasteiger partial charge in [-0.05, 0) is 48.0 Å². The van der Waals surface area contributed by atoms with Crippen molar-refractivity contribution in [2.75, 3.05) is 26.2 Å². The number of nitrogens with zero attached hydrogens (tertiary/aromatic N) is 2. The molecular weight excluding hydrogens is 374 g/mol. The number of hydrogen-bond donors (Lipinski definition) is 4. The van der Waals surface area contributed by atoms with E-state index in [4.69, 9.17) is 5.73 Å². The molecule has 1 saturated heterocycles. The number of nitrogens with two attached hydrogens (primary N) is 1. The number of fused-ring (bicyclic) bond motifs is 1. The van der Waals surface area contributed by atoms with Crippen LogP contribution in [0.2, 0.25) is 0 Å². The van der Waals surface area contributed by atoms with Crippen LogP contribution in [0.4, 0.5) is 0 Å². The average molecular weight is 406 g/mol. The van der Waals surface area contributed by atoms with Crippen molar-refractivity contribution in [3.05, 3.63) is 71.5 Å². The Labute approximate surface area is 178 Å². The molecule has 1 aromatic carbocycles. The van der Waals surface area contributed by atoms with Crippen molar-refractivity contribution in [1.29, 1.82) is 0 Å². The van der Waals surface area contributed by atoms with Crippen molar-refractivity contribution in [2.45, 2.75) is 37.4 Å². The number of dihydropyridines is 1. The lowest BCUT2D eigenvalue weighted by Gasteiger charge is -2.50. The lowest BCUT2D eigenvalue weighted by molar-refractivity contribution is -0.00802. The fourth-order valence-corrected chi connectivity index (χ4v) is 5.58. The van der Waals surface area contributed by atoms with E-state index in [0.29, 0.717) is 0 Å². The molecule has 1 spiro atoms. The molecule has 6 heteroatoms. The number of aliphatic hydroxyl groups is 1. The molecule has 6 nitrogen and oxygen atoms in total. The van der Waals surface area contributed by atoms with Crippen LogP contribution in [0.5, 0.6) is 0 Å². The van der Waals surface area contributed by atoms with Gasteiger partial charge in [-0.25, -0.2) is 0 Å². The van der Waals surface area contributed by atoms with E-state index in [1.807, 2.05) is 12.2 Å². The summed E-state index contributed by atoms with van der Waals surface area (Å²) >= 11 is 0. The SMILES string of the molecule is C=C(C1=CC=C[C@@](CO)(N2CCC3(CC2)Cc2ccccc2C3N)N1)C1=NNCC1. The topological polar surface area (TPSA) is 85.9 Å². The van der Waals surface area contributed by atoms with Gasteiger partial charge in [0.25, 0.3) is 0 Å². The highest BCUT2D eigenvalue weighted by molar-refractivity contribution is 6.04. The van der Waals surface area contributed by atoms with Crippen LogP contribution in [-0.2, 0) is 6.42 Å². The Balaban J connectivity index is 1.31. The fourth-order valence-electron chi connectivity index (χ4n) is 5.58. The number of aliphatic hydroxyl groups excluding tert-OH is 1. The molecule has 1 aromatic rings. The quantitative estimate of drug-likeness (QED) is 0.615. The van der Waals surface area contributed by atoms with Gasteiger partial charge in [-0.1, -0.05) is 36.9 Å². The molecule has 0 saturated carbocycles. The molecule has 0 bridgehead atoms. The molecule has 1 fully saturated rings. The number of likely N-dealkylation sites (tertiary alicyclic amines) is 1. The lowest BCUT2D eigenvalue weighted by Crippen LogP contribution is -2.63. The molecule has 0 aromatic heterocycles. The Kier molecular flexibility index (Phi) is 4.81. The van der Waals surface area contributed by atoms with E-state index in [1.165, 1.54) is 11.1 Å². The zero-order valence-corrected chi connectivity index (χ0v) is 17.4. The third kappa shape index (κ3) is 3.02. The van der Waals surface area contributed by atoms with Crippen molar-refractivity contribution in [3.8, 4) is 0 Å². The van der Waals surface area contributed by atoms with Gasteiger partial charge < -0.3 is 21.6 Å². The molecule has 5 rings (SSSR count). The van der Waals surface area contributed by atoms with Crippen molar-refractivity contribution >= 4 is 5.71 Å². The van der Waals surface area contributed by atoms with Crippen LogP contribution in [0, 0.1) is 5.41 Å². The largest absolute Gasteiger partial charge is 0.392 e. The molecule has 4 aliphatic rings. The molecule has 3 aliphatic heterocycles. The van der Waals surface area contributed by atoms with Gasteiger partial charge in [0, 0.05) is 43.4 Å². The zero-order chi connectivity index (χ0) is 20.8. The molecule has 2 atom stereocenters. The van der Waals surface area contributed by atoms with Crippen molar-refractivity contribution in [3.63, 3.8) is 0 Å². The third-order valence-electron chi connectivity index (χ3n) is 7.50. The highest BCUT2D eigenvalue weighted by Gasteiger charge is 2.48. The summed E-state index contributed by atoms with van der Waals surface area (Å²) in [6.45, 7) is 6.87. The number of nitrogens with one attached hydrogen (secondary N) is 2. The molecule has 1 aliphatic carbocycles. The molecule has 0 radical (unpaired) electrons. The Morgan fingerprint density at radius 2 is 2.10 bits per heavy atom. The normalized spacial score (nSPS) is 29.7. The molecule has 0 amide bonds. The molecule has 5 N–H and O–H groups in total. The van der Waals surface area contributed by atoms with Gasteiger partial charge in [0.2, 0.25) is 0 Å². The lowest BCUT2D eigenvalue weighted by atomic mass is 9.72. The minimum Gasteiger partial charge on any atom is -0.392 e. The Bertz CT molecular complexity index is 941. The van der Waals surface area contributed by atoms with E-state index in [9.17, 15) is 5.11 Å². The monoisotopic (exact) mass is 405 g/mol. The van der Waals surface area contributed by atoms with E-state index >= 15 is 0 Å². The second-order valence-corrected chi connectivity index (χ2v) is 9.04. The van der Waals surface area contributed by atoms with Crippen LogP contribution < -0.4 is 16.5 Å². The summed E-state index contributed by atoms with van der Waals surface area (Å²) in [5.41, 5.74) is 14.8. The molecular formula is C24H31N5O. The molecule has 1 unspecified atom stereocenters. The van der Waals surface area contributed by atoms with Crippen LogP contribution in [0.1, 0.15) is 36.4 Å². The summed E-state index contributed by atoms with van der Waals surface area (Å²) in [6, 6.07) is 8.71. The third-order valence-corrected chi connectivity index (χ3v) is 7.50. The summed E-state index contributed by atoms with van der Waals surface area (Å²) in [6.07, 6.45) is 10.1. The first-order valence-electron chi connectivity index (χ1n) is 10.9. The summed E-state index contributed by atoms with van der Waals surface area (Å²) < 4.78 is 0. The number of allylic oxidation sites excluding steroid dienone is 3. The van der Waals surface area contributed by atoms with Crippen LogP contribution in [0.25, 0.3) is 0 Å². The number of benzene rings is 1. The summed E-state index contributed by atoms with van der Waals surface area (Å²) in [7, 11) is 0. The standard InChI is InChI=1S/C24H31N5O/c1-17(21-8-12-26-28-21)20-7-4-9-24(16-30,27-20)29-13-10-23(11-14-29)15-18-5-2-3-6-19(18)22(23)25/h2-7,9,22,26-27,30H,1,8,10-16,25H2/t22?,24-/m0/s1. The molecule has 3 heterocycles. The van der Waals surface area contributed by atoms with Crippen molar-refractivity contribution < 1.29 is 5.11 Å². The van der Waals surface area contributed by atoms with Gasteiger partial charge in [0.05, 0.1) is 12.3 Å². The van der Waals surface area contributed by atoms with E-state index in [-0.39, 0.29) is 18.1 Å². The first kappa shape index (κ1) is 19.5. The first-order valence-corrected chi connectivity index (χ1v) is 10.9. The number of rotatable bonds is 4. The second kappa shape index (κ2) is 7.38. The number of piperidine rings is 1. The Hall–Kier alpha value is -2.41. The van der Waals surface area contributed by atoms with Gasteiger partial charge in [-0.2, -0.15) is 5.10 Å². The summed E-state index contributed by atoms with van der Waals surface area (Å²) in [5.74, 6) is 0. The minimum absolute atomic E-state index is 0.00186. The van der Waals surface area contributed by atoms with E-state index in [2.05, 4.69) is 57.7 Å². The number of hydrazone groups is 1. The maximum atomic E-state index is 10.4. The van der Waals surface area contributed by atoms with Crippen molar-refractivity contribution in [1.82, 2.24) is 15.6 Å². The predicted octanol–water partition coefficient (Wildman–Crippen LogP) is 1.96. The number of hydrogen-bond acceptors (Lipinski definition) is 6. The van der Waals surface area contributed by atoms with E-state index in [1.54, 1.807) is 0 Å². The first-order chi connectivity index (χ1) is 14.6. The zero-order valence-electron chi connectivity index (χ0n) is 17.4. The van der Waals surface area contributed by atoms with Crippen LogP contribution in [-0.4, -0.2) is 47.6 Å². The van der Waals surface area contributed by atoms with Gasteiger partial charge in [-0.15, -0.1) is 0 Å². The Morgan fingerprint density at radius 1 is 1.30 bits per heavy atom. The van der Waals surface area contributed by atoms with Gasteiger partial charge in [0.1, 0.15) is 5.66 Å². The van der Waals surface area contributed by atoms with Crippen molar-refractivity contribution in [2.24, 2.45) is 16.3 Å². The average Bonchev–Trinajstić information content (AvgIpc) is 3.42. The predicted molar refractivity (Wildman–Crippen MR) is 120 cm³/mol.